The van der Waals surface area contributed by atoms with Crippen molar-refractivity contribution >= 4 is 11.8 Å². The van der Waals surface area contributed by atoms with E-state index in [2.05, 4.69) is 10.2 Å². The summed E-state index contributed by atoms with van der Waals surface area (Å²) < 4.78 is 38.4. The van der Waals surface area contributed by atoms with Crippen LogP contribution in [0.4, 0.5) is 19.3 Å². The second-order valence-corrected chi connectivity index (χ2v) is 6.51. The fraction of sp³-hybridized carbons (Fsp3) is 0.471. The van der Waals surface area contributed by atoms with Gasteiger partial charge in [-0.1, -0.05) is 6.92 Å². The van der Waals surface area contributed by atoms with Crippen LogP contribution in [-0.4, -0.2) is 21.9 Å². The minimum absolute atomic E-state index is 0.131. The Hall–Kier alpha value is -2.51. The standard InChI is InChI=1S/C17H21F2N3O3/c1-6-14-20-21-15(24-14)10(2)22(16(23)25-17(3,4)5)13-8-7-11(18)9-12(13)19/h7-10H,6H2,1-5H3. The molecule has 25 heavy (non-hydrogen) atoms. The zero-order valence-electron chi connectivity index (χ0n) is 14.8. The number of benzene rings is 1. The molecular formula is C17H21F2N3O3. The van der Waals surface area contributed by atoms with Crippen LogP contribution in [0.25, 0.3) is 0 Å². The molecular weight excluding hydrogens is 332 g/mol. The van der Waals surface area contributed by atoms with E-state index in [1.165, 1.54) is 6.07 Å². The second-order valence-electron chi connectivity index (χ2n) is 6.51. The van der Waals surface area contributed by atoms with Gasteiger partial charge in [-0.3, -0.25) is 4.90 Å². The van der Waals surface area contributed by atoms with Crippen molar-refractivity contribution in [1.82, 2.24) is 10.2 Å². The maximum atomic E-state index is 14.3. The molecule has 0 aliphatic carbocycles. The lowest BCUT2D eigenvalue weighted by Crippen LogP contribution is -2.39. The van der Waals surface area contributed by atoms with Gasteiger partial charge < -0.3 is 9.15 Å². The number of ether oxygens (including phenoxy) is 1. The molecule has 0 aliphatic heterocycles. The van der Waals surface area contributed by atoms with Crippen molar-refractivity contribution in [3.05, 3.63) is 41.6 Å². The van der Waals surface area contributed by atoms with Crippen molar-refractivity contribution in [2.75, 3.05) is 4.90 Å². The van der Waals surface area contributed by atoms with Crippen LogP contribution in [0.3, 0.4) is 0 Å². The molecule has 0 radical (unpaired) electrons. The first-order valence-corrected chi connectivity index (χ1v) is 7.92. The third kappa shape index (κ3) is 4.52. The van der Waals surface area contributed by atoms with E-state index in [1.54, 1.807) is 27.7 Å². The monoisotopic (exact) mass is 353 g/mol. The molecule has 0 spiro atoms. The van der Waals surface area contributed by atoms with Gasteiger partial charge in [0, 0.05) is 12.5 Å². The molecule has 0 bridgehead atoms. The van der Waals surface area contributed by atoms with Crippen molar-refractivity contribution in [2.24, 2.45) is 0 Å². The number of nitrogens with zero attached hydrogens (tertiary/aromatic N) is 3. The molecule has 8 heteroatoms. The number of aryl methyl sites for hydroxylation is 1. The largest absolute Gasteiger partial charge is 0.443 e. The molecule has 0 saturated carbocycles. The zero-order chi connectivity index (χ0) is 18.8. The lowest BCUT2D eigenvalue weighted by atomic mass is 10.2. The van der Waals surface area contributed by atoms with E-state index >= 15 is 0 Å². The molecule has 0 aliphatic rings. The maximum absolute atomic E-state index is 14.3. The minimum atomic E-state index is -0.895. The van der Waals surface area contributed by atoms with Crippen LogP contribution in [0.15, 0.2) is 22.6 Å². The van der Waals surface area contributed by atoms with Gasteiger partial charge in [0.2, 0.25) is 11.8 Å². The van der Waals surface area contributed by atoms with Gasteiger partial charge in [0.25, 0.3) is 0 Å². The average Bonchev–Trinajstić information content (AvgIpc) is 2.96. The normalized spacial score (nSPS) is 12.8. The summed E-state index contributed by atoms with van der Waals surface area (Å²) in [4.78, 5) is 13.7. The summed E-state index contributed by atoms with van der Waals surface area (Å²) in [7, 11) is 0. The van der Waals surface area contributed by atoms with E-state index in [0.29, 0.717) is 18.4 Å². The van der Waals surface area contributed by atoms with Gasteiger partial charge in [0.1, 0.15) is 23.3 Å². The quantitative estimate of drug-likeness (QED) is 0.814. The Morgan fingerprint density at radius 1 is 1.32 bits per heavy atom. The highest BCUT2D eigenvalue weighted by molar-refractivity contribution is 5.88. The summed E-state index contributed by atoms with van der Waals surface area (Å²) >= 11 is 0. The summed E-state index contributed by atoms with van der Waals surface area (Å²) in [5.41, 5.74) is -0.936. The number of hydrogen-bond acceptors (Lipinski definition) is 5. The summed E-state index contributed by atoms with van der Waals surface area (Å²) in [6.07, 6.45) is -0.279. The van der Waals surface area contributed by atoms with E-state index in [4.69, 9.17) is 9.15 Å². The Kier molecular flexibility index (Phi) is 5.39. The van der Waals surface area contributed by atoms with Gasteiger partial charge in [-0.05, 0) is 39.8 Å². The van der Waals surface area contributed by atoms with Crippen LogP contribution < -0.4 is 4.90 Å². The van der Waals surface area contributed by atoms with Crippen molar-refractivity contribution < 1.29 is 22.7 Å². The van der Waals surface area contributed by atoms with Crippen molar-refractivity contribution in [2.45, 2.75) is 52.7 Å². The molecule has 1 heterocycles. The highest BCUT2D eigenvalue weighted by Gasteiger charge is 2.33. The van der Waals surface area contributed by atoms with Gasteiger partial charge in [0.15, 0.2) is 0 Å². The highest BCUT2D eigenvalue weighted by Crippen LogP contribution is 2.31. The summed E-state index contributed by atoms with van der Waals surface area (Å²) in [6, 6.07) is 2.13. The molecule has 0 fully saturated rings. The van der Waals surface area contributed by atoms with Gasteiger partial charge in [-0.25, -0.2) is 13.6 Å². The number of carbonyl (C=O) groups excluding carboxylic acids is 1. The van der Waals surface area contributed by atoms with Crippen LogP contribution in [0.1, 0.15) is 52.4 Å². The predicted molar refractivity (Wildman–Crippen MR) is 87.2 cm³/mol. The van der Waals surface area contributed by atoms with Crippen LogP contribution in [0, 0.1) is 11.6 Å². The molecule has 1 aromatic heterocycles. The predicted octanol–water partition coefficient (Wildman–Crippen LogP) is 4.41. The molecule has 0 N–H and O–H groups in total. The smallest absolute Gasteiger partial charge is 0.415 e. The number of anilines is 1. The van der Waals surface area contributed by atoms with Gasteiger partial charge >= 0.3 is 6.09 Å². The fourth-order valence-electron chi connectivity index (χ4n) is 2.14. The molecule has 1 unspecified atom stereocenters. The van der Waals surface area contributed by atoms with Crippen LogP contribution in [-0.2, 0) is 11.2 Å². The lowest BCUT2D eigenvalue weighted by Gasteiger charge is -2.30. The van der Waals surface area contributed by atoms with Gasteiger partial charge in [-0.2, -0.15) is 0 Å². The summed E-state index contributed by atoms with van der Waals surface area (Å²) in [5.74, 6) is -1.12. The molecule has 0 saturated heterocycles. The van der Waals surface area contributed by atoms with E-state index in [-0.39, 0.29) is 11.6 Å². The van der Waals surface area contributed by atoms with Crippen LogP contribution in [0.5, 0.6) is 0 Å². The second kappa shape index (κ2) is 7.16. The van der Waals surface area contributed by atoms with Crippen LogP contribution >= 0.6 is 0 Å². The third-order valence-corrected chi connectivity index (χ3v) is 3.29. The Morgan fingerprint density at radius 2 is 2.00 bits per heavy atom. The minimum Gasteiger partial charge on any atom is -0.443 e. The van der Waals surface area contributed by atoms with Crippen molar-refractivity contribution in [3.63, 3.8) is 0 Å². The Morgan fingerprint density at radius 3 is 2.52 bits per heavy atom. The Balaban J connectivity index is 2.45. The van der Waals surface area contributed by atoms with Crippen LogP contribution in [0.2, 0.25) is 0 Å². The third-order valence-electron chi connectivity index (χ3n) is 3.29. The molecule has 2 aromatic rings. The summed E-state index contributed by atoms with van der Waals surface area (Å²) in [5, 5.41) is 7.75. The Bertz CT molecular complexity index is 756. The first kappa shape index (κ1) is 18.8. The van der Waals surface area contributed by atoms with Crippen molar-refractivity contribution in [1.29, 1.82) is 0 Å². The molecule has 6 nitrogen and oxygen atoms in total. The number of aromatic nitrogens is 2. The van der Waals surface area contributed by atoms with E-state index in [9.17, 15) is 13.6 Å². The molecule has 1 aromatic carbocycles. The van der Waals surface area contributed by atoms with E-state index in [0.717, 1.165) is 11.0 Å². The topological polar surface area (TPSA) is 68.5 Å². The highest BCUT2D eigenvalue weighted by atomic mass is 19.1. The maximum Gasteiger partial charge on any atom is 0.415 e. The molecule has 136 valence electrons. The van der Waals surface area contributed by atoms with E-state index in [1.807, 2.05) is 6.92 Å². The molecule has 1 atom stereocenters. The molecule has 1 amide bonds. The zero-order valence-corrected chi connectivity index (χ0v) is 14.8. The Labute approximate surface area is 144 Å². The number of amides is 1. The number of rotatable bonds is 4. The fourth-order valence-corrected chi connectivity index (χ4v) is 2.14. The molecule has 2 rings (SSSR count). The lowest BCUT2D eigenvalue weighted by molar-refractivity contribution is 0.0561. The van der Waals surface area contributed by atoms with E-state index < -0.39 is 29.4 Å². The van der Waals surface area contributed by atoms with Crippen molar-refractivity contribution in [3.8, 4) is 0 Å². The number of hydrogen-bond donors (Lipinski definition) is 0. The SMILES string of the molecule is CCc1nnc(C(C)N(C(=O)OC(C)(C)C)c2ccc(F)cc2F)o1. The summed E-state index contributed by atoms with van der Waals surface area (Å²) in [6.45, 7) is 8.51. The van der Waals surface area contributed by atoms with Gasteiger partial charge in [0.05, 0.1) is 5.69 Å². The first-order chi connectivity index (χ1) is 11.6. The number of carbonyl (C=O) groups is 1. The first-order valence-electron chi connectivity index (χ1n) is 7.92. The average molecular weight is 353 g/mol. The van der Waals surface area contributed by atoms with Gasteiger partial charge in [-0.15, -0.1) is 10.2 Å². The number of halogens is 2.